The number of hydrogen-bond acceptors (Lipinski definition) is 5. The van der Waals surface area contributed by atoms with E-state index in [1.165, 1.54) is 19.3 Å². The van der Waals surface area contributed by atoms with E-state index in [4.69, 9.17) is 9.84 Å². The molecule has 0 bridgehead atoms. The first-order chi connectivity index (χ1) is 15.7. The van der Waals surface area contributed by atoms with Gasteiger partial charge >= 0.3 is 11.9 Å². The number of hydrogen-bond donors (Lipinski definition) is 2. The van der Waals surface area contributed by atoms with Gasteiger partial charge in [-0.05, 0) is 43.4 Å². The van der Waals surface area contributed by atoms with E-state index < -0.39 is 18.5 Å². The highest BCUT2D eigenvalue weighted by molar-refractivity contribution is 7.18. The molecule has 0 atom stereocenters. The number of carbonyl (C=O) groups excluding carboxylic acids is 1. The van der Waals surface area contributed by atoms with Gasteiger partial charge in [-0.25, -0.2) is 9.59 Å². The van der Waals surface area contributed by atoms with Gasteiger partial charge in [0.25, 0.3) is 0 Å². The lowest BCUT2D eigenvalue weighted by molar-refractivity contribution is -0.139. The Hall–Kier alpha value is -2.87. The van der Waals surface area contributed by atoms with Crippen LogP contribution in [0, 0.1) is 18.8 Å². The van der Waals surface area contributed by atoms with E-state index in [1.54, 1.807) is 6.92 Å². The minimum atomic E-state index is -1.17. The predicted molar refractivity (Wildman–Crippen MR) is 128 cm³/mol. The van der Waals surface area contributed by atoms with E-state index in [9.17, 15) is 19.5 Å². The molecule has 0 aliphatic heterocycles. The summed E-state index contributed by atoms with van der Waals surface area (Å²) in [6.45, 7) is 5.58. The van der Waals surface area contributed by atoms with Crippen molar-refractivity contribution in [2.24, 2.45) is 11.8 Å². The van der Waals surface area contributed by atoms with Crippen molar-refractivity contribution in [3.05, 3.63) is 34.7 Å². The number of ether oxygens (including phenoxy) is 1. The minimum absolute atomic E-state index is 0.0357. The summed E-state index contributed by atoms with van der Waals surface area (Å²) in [5.41, 5.74) is 2.13. The molecule has 2 N–H and O–H groups in total. The SMILES string of the molecule is Cc1c(-c2cccc(N(CC3CCCCC3)C(=O)C(C)C)c2)sc(C(=O)O)c1OCC(=O)O. The van der Waals surface area contributed by atoms with E-state index >= 15 is 0 Å². The van der Waals surface area contributed by atoms with E-state index in [-0.39, 0.29) is 22.5 Å². The molecule has 1 aliphatic rings. The summed E-state index contributed by atoms with van der Waals surface area (Å²) in [4.78, 5) is 38.3. The lowest BCUT2D eigenvalue weighted by Crippen LogP contribution is -2.38. The molecule has 33 heavy (non-hydrogen) atoms. The first-order valence-electron chi connectivity index (χ1n) is 11.3. The van der Waals surface area contributed by atoms with Crippen LogP contribution in [0.25, 0.3) is 10.4 Å². The summed E-state index contributed by atoms with van der Waals surface area (Å²) in [6.07, 6.45) is 5.88. The number of amides is 1. The number of rotatable bonds is 9. The third-order valence-electron chi connectivity index (χ3n) is 5.97. The minimum Gasteiger partial charge on any atom is -0.480 e. The number of carbonyl (C=O) groups is 3. The Morgan fingerprint density at radius 1 is 1.15 bits per heavy atom. The Kier molecular flexibility index (Phi) is 8.13. The molecule has 0 radical (unpaired) electrons. The van der Waals surface area contributed by atoms with Gasteiger partial charge in [-0.2, -0.15) is 0 Å². The third-order valence-corrected chi connectivity index (χ3v) is 7.28. The molecule has 1 amide bonds. The van der Waals surface area contributed by atoms with Gasteiger partial charge in [-0.15, -0.1) is 11.3 Å². The molecule has 1 heterocycles. The van der Waals surface area contributed by atoms with E-state index in [1.807, 2.05) is 43.0 Å². The monoisotopic (exact) mass is 473 g/mol. The van der Waals surface area contributed by atoms with Gasteiger partial charge in [0, 0.05) is 28.6 Å². The molecule has 8 heteroatoms. The van der Waals surface area contributed by atoms with Crippen LogP contribution in [0.15, 0.2) is 24.3 Å². The van der Waals surface area contributed by atoms with Crippen LogP contribution in [-0.4, -0.2) is 41.2 Å². The number of thiophene rings is 1. The van der Waals surface area contributed by atoms with Gasteiger partial charge in [0.15, 0.2) is 11.5 Å². The molecule has 1 aromatic heterocycles. The number of aliphatic carboxylic acids is 1. The number of nitrogens with zero attached hydrogens (tertiary/aromatic N) is 1. The summed E-state index contributed by atoms with van der Waals surface area (Å²) >= 11 is 1.05. The first-order valence-corrected chi connectivity index (χ1v) is 12.1. The summed E-state index contributed by atoms with van der Waals surface area (Å²) in [5, 5.41) is 18.5. The second-order valence-electron chi connectivity index (χ2n) is 8.86. The van der Waals surface area contributed by atoms with Crippen LogP contribution in [0.1, 0.15) is 61.2 Å². The average Bonchev–Trinajstić information content (AvgIpc) is 3.12. The number of carboxylic acid groups (broad SMARTS) is 2. The van der Waals surface area contributed by atoms with Crippen molar-refractivity contribution in [2.75, 3.05) is 18.1 Å². The fourth-order valence-corrected chi connectivity index (χ4v) is 5.39. The van der Waals surface area contributed by atoms with Crippen LogP contribution < -0.4 is 9.64 Å². The fraction of sp³-hybridized carbons (Fsp3) is 0.480. The number of aromatic carboxylic acids is 1. The lowest BCUT2D eigenvalue weighted by atomic mass is 9.88. The molecule has 0 spiro atoms. The number of benzene rings is 1. The van der Waals surface area contributed by atoms with Crippen LogP contribution in [0.3, 0.4) is 0 Å². The zero-order valence-electron chi connectivity index (χ0n) is 19.3. The molecule has 178 valence electrons. The zero-order valence-corrected chi connectivity index (χ0v) is 20.1. The third kappa shape index (κ3) is 5.93. The standard InChI is InChI=1S/C25H31NO6S/c1-15(2)24(29)26(13-17-8-5-4-6-9-17)19-11-7-10-18(12-19)22-16(3)21(32-14-20(27)28)23(33-22)25(30)31/h7,10-12,15,17H,4-6,8-9,13-14H2,1-3H3,(H,27,28)(H,30,31). The predicted octanol–water partition coefficient (Wildman–Crippen LogP) is 5.45. The maximum absolute atomic E-state index is 13.1. The van der Waals surface area contributed by atoms with E-state index in [0.717, 1.165) is 35.4 Å². The van der Waals surface area contributed by atoms with Crippen LogP contribution >= 0.6 is 11.3 Å². The maximum atomic E-state index is 13.1. The Morgan fingerprint density at radius 3 is 2.45 bits per heavy atom. The number of anilines is 1. The van der Waals surface area contributed by atoms with Gasteiger partial charge < -0.3 is 19.8 Å². The molecule has 7 nitrogen and oxygen atoms in total. The second kappa shape index (κ2) is 10.8. The highest BCUT2D eigenvalue weighted by Crippen LogP contribution is 2.42. The van der Waals surface area contributed by atoms with Crippen LogP contribution in [0.5, 0.6) is 5.75 Å². The maximum Gasteiger partial charge on any atom is 0.349 e. The highest BCUT2D eigenvalue weighted by Gasteiger charge is 2.26. The molecule has 1 aliphatic carbocycles. The van der Waals surface area contributed by atoms with Crippen molar-refractivity contribution in [3.63, 3.8) is 0 Å². The second-order valence-corrected chi connectivity index (χ2v) is 9.88. The summed E-state index contributed by atoms with van der Waals surface area (Å²) in [6, 6.07) is 7.56. The smallest absolute Gasteiger partial charge is 0.349 e. The van der Waals surface area contributed by atoms with E-state index in [2.05, 4.69) is 0 Å². The molecule has 3 rings (SSSR count). The van der Waals surface area contributed by atoms with Gasteiger partial charge in [0.05, 0.1) is 0 Å². The molecule has 1 fully saturated rings. The molecule has 2 aromatic rings. The Balaban J connectivity index is 1.98. The summed E-state index contributed by atoms with van der Waals surface area (Å²) < 4.78 is 5.31. The van der Waals surface area contributed by atoms with Crippen molar-refractivity contribution < 1.29 is 29.3 Å². The van der Waals surface area contributed by atoms with Crippen molar-refractivity contribution in [1.29, 1.82) is 0 Å². The Morgan fingerprint density at radius 2 is 1.85 bits per heavy atom. The largest absolute Gasteiger partial charge is 0.480 e. The number of carboxylic acids is 2. The quantitative estimate of drug-likeness (QED) is 0.502. The van der Waals surface area contributed by atoms with Gasteiger partial charge in [0.1, 0.15) is 5.75 Å². The first kappa shape index (κ1) is 24.8. The van der Waals surface area contributed by atoms with Gasteiger partial charge in [-0.1, -0.05) is 45.2 Å². The highest BCUT2D eigenvalue weighted by atomic mass is 32.1. The Labute approximate surface area is 198 Å². The normalized spacial score (nSPS) is 14.3. The molecular formula is C25H31NO6S. The fourth-order valence-electron chi connectivity index (χ4n) is 4.30. The molecule has 1 aromatic carbocycles. The topological polar surface area (TPSA) is 104 Å². The lowest BCUT2D eigenvalue weighted by Gasteiger charge is -2.31. The van der Waals surface area contributed by atoms with Crippen molar-refractivity contribution in [1.82, 2.24) is 0 Å². The van der Waals surface area contributed by atoms with Gasteiger partial charge in [0.2, 0.25) is 5.91 Å². The summed E-state index contributed by atoms with van der Waals surface area (Å²) in [7, 11) is 0. The van der Waals surface area contributed by atoms with Crippen LogP contribution in [0.4, 0.5) is 5.69 Å². The average molecular weight is 474 g/mol. The van der Waals surface area contributed by atoms with Crippen molar-refractivity contribution in [3.8, 4) is 16.2 Å². The van der Waals surface area contributed by atoms with Crippen LogP contribution in [0.2, 0.25) is 0 Å². The van der Waals surface area contributed by atoms with Crippen molar-refractivity contribution >= 4 is 34.9 Å². The van der Waals surface area contributed by atoms with Crippen LogP contribution in [-0.2, 0) is 9.59 Å². The van der Waals surface area contributed by atoms with Gasteiger partial charge in [-0.3, -0.25) is 4.79 Å². The molecule has 0 saturated heterocycles. The van der Waals surface area contributed by atoms with Crippen molar-refractivity contribution in [2.45, 2.75) is 52.9 Å². The summed E-state index contributed by atoms with van der Waals surface area (Å²) in [5.74, 6) is -1.87. The zero-order chi connectivity index (χ0) is 24.1. The van der Waals surface area contributed by atoms with E-state index in [0.29, 0.717) is 22.9 Å². The molecular weight excluding hydrogens is 442 g/mol. The molecule has 0 unspecified atom stereocenters. The molecule has 1 saturated carbocycles. The Bertz CT molecular complexity index is 1020.